The lowest BCUT2D eigenvalue weighted by molar-refractivity contribution is 0.318. The Labute approximate surface area is 107 Å². The summed E-state index contributed by atoms with van der Waals surface area (Å²) in [4.78, 5) is 4.07. The van der Waals surface area contributed by atoms with Gasteiger partial charge in [0.05, 0.1) is 11.8 Å². The number of rotatable bonds is 6. The van der Waals surface area contributed by atoms with Gasteiger partial charge in [-0.25, -0.2) is 0 Å². The normalized spacial score (nSPS) is 11.9. The number of amidine groups is 1. The van der Waals surface area contributed by atoms with Gasteiger partial charge in [-0.1, -0.05) is 5.16 Å². The van der Waals surface area contributed by atoms with Crippen molar-refractivity contribution in [3.8, 4) is 0 Å². The molecule has 1 aromatic heterocycles. The minimum atomic E-state index is 0.0411. The van der Waals surface area contributed by atoms with Gasteiger partial charge in [0.25, 0.3) is 0 Å². The second-order valence-corrected chi connectivity index (χ2v) is 4.33. The van der Waals surface area contributed by atoms with Crippen LogP contribution in [-0.4, -0.2) is 60.4 Å². The van der Waals surface area contributed by atoms with E-state index in [2.05, 4.69) is 20.3 Å². The van der Waals surface area contributed by atoms with E-state index >= 15 is 0 Å². The lowest BCUT2D eigenvalue weighted by atomic mass is 10.2. The summed E-state index contributed by atoms with van der Waals surface area (Å²) in [6, 6.07) is 1.68. The first-order chi connectivity index (χ1) is 8.56. The van der Waals surface area contributed by atoms with Crippen molar-refractivity contribution in [1.29, 1.82) is 0 Å². The van der Waals surface area contributed by atoms with Crippen LogP contribution in [0.2, 0.25) is 0 Å². The maximum atomic E-state index is 8.73. The van der Waals surface area contributed by atoms with Gasteiger partial charge in [-0.3, -0.25) is 0 Å². The summed E-state index contributed by atoms with van der Waals surface area (Å²) < 4.78 is 0. The third-order valence-corrected chi connectivity index (χ3v) is 2.55. The first-order valence-corrected chi connectivity index (χ1v) is 5.71. The van der Waals surface area contributed by atoms with Crippen LogP contribution in [0.15, 0.2) is 17.4 Å². The van der Waals surface area contributed by atoms with E-state index in [9.17, 15) is 0 Å². The molecule has 1 aromatic rings. The molecule has 1 heterocycles. The fourth-order valence-electron chi connectivity index (χ4n) is 1.59. The van der Waals surface area contributed by atoms with Gasteiger partial charge in [-0.15, -0.1) is 5.10 Å². The highest BCUT2D eigenvalue weighted by Gasteiger charge is 2.12. The predicted octanol–water partition coefficient (Wildman–Crippen LogP) is -0.0410. The van der Waals surface area contributed by atoms with Crippen LogP contribution in [0.1, 0.15) is 12.0 Å². The van der Waals surface area contributed by atoms with Crippen LogP contribution in [0.4, 0.5) is 5.82 Å². The summed E-state index contributed by atoms with van der Waals surface area (Å²) in [6.07, 6.45) is 2.51. The standard InChI is InChI=1S/C11H20N6O/c1-16(2)7-4-8-17(3)11-9(10(12)15-18)5-6-13-14-11/h5-6,18H,4,7-8H2,1-3H3,(H2,12,15). The average molecular weight is 252 g/mol. The monoisotopic (exact) mass is 252 g/mol. The van der Waals surface area contributed by atoms with Gasteiger partial charge in [0.2, 0.25) is 0 Å². The van der Waals surface area contributed by atoms with Crippen molar-refractivity contribution in [3.05, 3.63) is 17.8 Å². The van der Waals surface area contributed by atoms with E-state index in [4.69, 9.17) is 10.9 Å². The number of nitrogens with two attached hydrogens (primary N) is 1. The predicted molar refractivity (Wildman–Crippen MR) is 71.0 cm³/mol. The first-order valence-electron chi connectivity index (χ1n) is 5.71. The Morgan fingerprint density at radius 1 is 1.39 bits per heavy atom. The minimum Gasteiger partial charge on any atom is -0.409 e. The number of nitrogens with zero attached hydrogens (tertiary/aromatic N) is 5. The van der Waals surface area contributed by atoms with Crippen molar-refractivity contribution >= 4 is 11.7 Å². The Hall–Kier alpha value is -1.89. The number of hydrogen-bond acceptors (Lipinski definition) is 6. The second-order valence-electron chi connectivity index (χ2n) is 4.33. The molecule has 18 heavy (non-hydrogen) atoms. The molecule has 100 valence electrons. The Morgan fingerprint density at radius 3 is 2.72 bits per heavy atom. The SMILES string of the molecule is CN(C)CCCN(C)c1nnccc1/C(N)=N/O. The highest BCUT2D eigenvalue weighted by Crippen LogP contribution is 2.14. The molecule has 0 unspecified atom stereocenters. The third-order valence-electron chi connectivity index (χ3n) is 2.55. The summed E-state index contributed by atoms with van der Waals surface area (Å²) in [7, 11) is 5.97. The molecule has 0 saturated heterocycles. The summed E-state index contributed by atoms with van der Waals surface area (Å²) in [5.74, 6) is 0.658. The zero-order valence-electron chi connectivity index (χ0n) is 11.0. The fraction of sp³-hybridized carbons (Fsp3) is 0.545. The van der Waals surface area contributed by atoms with Crippen molar-refractivity contribution in [2.75, 3.05) is 39.1 Å². The average Bonchev–Trinajstić information content (AvgIpc) is 2.37. The molecule has 0 spiro atoms. The molecular weight excluding hydrogens is 232 g/mol. The van der Waals surface area contributed by atoms with E-state index in [0.29, 0.717) is 11.4 Å². The molecule has 0 atom stereocenters. The molecule has 7 nitrogen and oxygen atoms in total. The van der Waals surface area contributed by atoms with E-state index in [1.807, 2.05) is 26.0 Å². The Bertz CT molecular complexity index is 406. The lowest BCUT2D eigenvalue weighted by Crippen LogP contribution is -2.27. The molecule has 0 saturated carbocycles. The fourth-order valence-corrected chi connectivity index (χ4v) is 1.59. The smallest absolute Gasteiger partial charge is 0.173 e. The molecule has 0 aromatic carbocycles. The van der Waals surface area contributed by atoms with E-state index in [1.165, 1.54) is 6.20 Å². The number of aromatic nitrogens is 2. The van der Waals surface area contributed by atoms with Crippen LogP contribution >= 0.6 is 0 Å². The summed E-state index contributed by atoms with van der Waals surface area (Å²) in [5, 5.41) is 19.6. The molecule has 1 rings (SSSR count). The van der Waals surface area contributed by atoms with Gasteiger partial charge in [0.1, 0.15) is 0 Å². The van der Waals surface area contributed by atoms with E-state index in [0.717, 1.165) is 19.5 Å². The summed E-state index contributed by atoms with van der Waals surface area (Å²) in [5.41, 5.74) is 6.19. The molecular formula is C11H20N6O. The van der Waals surface area contributed by atoms with Crippen molar-refractivity contribution in [2.24, 2.45) is 10.9 Å². The number of anilines is 1. The summed E-state index contributed by atoms with van der Waals surface area (Å²) >= 11 is 0. The Balaban J connectivity index is 2.76. The largest absolute Gasteiger partial charge is 0.409 e. The molecule has 0 aliphatic carbocycles. The van der Waals surface area contributed by atoms with Gasteiger partial charge < -0.3 is 20.7 Å². The van der Waals surface area contributed by atoms with Crippen LogP contribution in [0.5, 0.6) is 0 Å². The zero-order chi connectivity index (χ0) is 13.5. The van der Waals surface area contributed by atoms with E-state index < -0.39 is 0 Å². The van der Waals surface area contributed by atoms with Gasteiger partial charge in [-0.05, 0) is 33.1 Å². The lowest BCUT2D eigenvalue weighted by Gasteiger charge is -2.20. The minimum absolute atomic E-state index is 0.0411. The van der Waals surface area contributed by atoms with Gasteiger partial charge >= 0.3 is 0 Å². The topological polar surface area (TPSA) is 90.9 Å². The molecule has 0 radical (unpaired) electrons. The third kappa shape index (κ3) is 3.85. The maximum Gasteiger partial charge on any atom is 0.173 e. The van der Waals surface area contributed by atoms with Gasteiger partial charge in [-0.2, -0.15) is 5.10 Å². The van der Waals surface area contributed by atoms with E-state index in [1.54, 1.807) is 6.07 Å². The second kappa shape index (κ2) is 6.75. The molecule has 0 aliphatic heterocycles. The van der Waals surface area contributed by atoms with Crippen LogP contribution in [0.25, 0.3) is 0 Å². The summed E-state index contributed by atoms with van der Waals surface area (Å²) in [6.45, 7) is 1.81. The molecule has 3 N–H and O–H groups in total. The van der Waals surface area contributed by atoms with Gasteiger partial charge in [0.15, 0.2) is 11.7 Å². The quantitative estimate of drug-likeness (QED) is 0.319. The highest BCUT2D eigenvalue weighted by atomic mass is 16.4. The van der Waals surface area contributed by atoms with Crippen LogP contribution in [-0.2, 0) is 0 Å². The molecule has 0 amide bonds. The molecule has 0 bridgehead atoms. The maximum absolute atomic E-state index is 8.73. The van der Waals surface area contributed by atoms with Crippen molar-refractivity contribution in [1.82, 2.24) is 15.1 Å². The number of hydrogen-bond donors (Lipinski definition) is 2. The van der Waals surface area contributed by atoms with Crippen molar-refractivity contribution in [3.63, 3.8) is 0 Å². The zero-order valence-corrected chi connectivity index (χ0v) is 11.0. The van der Waals surface area contributed by atoms with Crippen molar-refractivity contribution in [2.45, 2.75) is 6.42 Å². The van der Waals surface area contributed by atoms with Crippen molar-refractivity contribution < 1.29 is 5.21 Å². The Morgan fingerprint density at radius 2 is 2.11 bits per heavy atom. The van der Waals surface area contributed by atoms with Gasteiger partial charge in [0, 0.05) is 13.6 Å². The first kappa shape index (κ1) is 14.2. The van der Waals surface area contributed by atoms with Crippen LogP contribution in [0.3, 0.4) is 0 Å². The van der Waals surface area contributed by atoms with Crippen LogP contribution in [0, 0.1) is 0 Å². The molecule has 0 aliphatic rings. The molecule has 0 fully saturated rings. The highest BCUT2D eigenvalue weighted by molar-refractivity contribution is 6.01. The van der Waals surface area contributed by atoms with E-state index in [-0.39, 0.29) is 5.84 Å². The Kier molecular flexibility index (Phi) is 5.31. The number of oxime groups is 1. The van der Waals surface area contributed by atoms with Crippen LogP contribution < -0.4 is 10.6 Å². The molecule has 7 heteroatoms.